The first-order valence-electron chi connectivity index (χ1n) is 5.06. The summed E-state index contributed by atoms with van der Waals surface area (Å²) in [4.78, 5) is 0. The van der Waals surface area contributed by atoms with Crippen LogP contribution < -0.4 is 5.73 Å². The van der Waals surface area contributed by atoms with Crippen LogP contribution in [0.4, 0.5) is 5.82 Å². The van der Waals surface area contributed by atoms with E-state index in [1.165, 1.54) is 0 Å². The maximum atomic E-state index is 6.00. The second-order valence-corrected chi connectivity index (χ2v) is 4.78. The van der Waals surface area contributed by atoms with E-state index in [-0.39, 0.29) is 6.04 Å². The number of hydrogen-bond acceptors (Lipinski definition) is 3. The quantitative estimate of drug-likeness (QED) is 0.920. The van der Waals surface area contributed by atoms with Gasteiger partial charge in [-0.25, -0.2) is 4.68 Å². The lowest BCUT2D eigenvalue weighted by Crippen LogP contribution is -2.07. The molecule has 0 radical (unpaired) electrons. The number of hydrogen-bond donors (Lipinski definition) is 1. The van der Waals surface area contributed by atoms with E-state index in [1.54, 1.807) is 4.68 Å². The summed E-state index contributed by atoms with van der Waals surface area (Å²) in [6, 6.07) is 8.08. The molecule has 0 fully saturated rings. The Morgan fingerprint density at radius 1 is 1.25 bits per heavy atom. The minimum atomic E-state index is 0.219. The van der Waals surface area contributed by atoms with E-state index in [0.717, 1.165) is 15.7 Å². The van der Waals surface area contributed by atoms with Gasteiger partial charge in [0.1, 0.15) is 5.69 Å². The zero-order valence-electron chi connectivity index (χ0n) is 9.18. The average molecular weight is 281 g/mol. The Kier molecular flexibility index (Phi) is 2.96. The first kappa shape index (κ1) is 11.1. The number of nitrogens with zero attached hydrogens (tertiary/aromatic N) is 3. The fourth-order valence-electron chi connectivity index (χ4n) is 1.50. The monoisotopic (exact) mass is 280 g/mol. The lowest BCUT2D eigenvalue weighted by molar-refractivity contribution is 0.521. The summed E-state index contributed by atoms with van der Waals surface area (Å²) in [5.41, 5.74) is 7.72. The van der Waals surface area contributed by atoms with Crippen molar-refractivity contribution >= 4 is 21.7 Å². The standard InChI is InChI=1S/C11H13BrN4/c1-7(2)16-11(13)10(14-15-16)8-3-5-9(12)6-4-8/h3-7H,13H2,1-2H3. The number of halogens is 1. The lowest BCUT2D eigenvalue weighted by Gasteiger charge is -2.06. The van der Waals surface area contributed by atoms with Crippen molar-refractivity contribution in [2.75, 3.05) is 5.73 Å². The molecule has 1 aromatic carbocycles. The predicted molar refractivity (Wildman–Crippen MR) is 68.0 cm³/mol. The van der Waals surface area contributed by atoms with Crippen LogP contribution in [-0.4, -0.2) is 15.0 Å². The fraction of sp³-hybridized carbons (Fsp3) is 0.273. The third-order valence-electron chi connectivity index (χ3n) is 2.34. The summed E-state index contributed by atoms with van der Waals surface area (Å²) < 4.78 is 2.75. The van der Waals surface area contributed by atoms with Crippen molar-refractivity contribution in [3.05, 3.63) is 28.7 Å². The minimum absolute atomic E-state index is 0.219. The smallest absolute Gasteiger partial charge is 0.150 e. The van der Waals surface area contributed by atoms with Crippen molar-refractivity contribution in [3.63, 3.8) is 0 Å². The van der Waals surface area contributed by atoms with Crippen LogP contribution in [-0.2, 0) is 0 Å². The van der Waals surface area contributed by atoms with Gasteiger partial charge in [0.05, 0.1) is 6.04 Å². The van der Waals surface area contributed by atoms with Gasteiger partial charge in [0.15, 0.2) is 5.82 Å². The van der Waals surface area contributed by atoms with Crippen molar-refractivity contribution in [1.82, 2.24) is 15.0 Å². The number of benzene rings is 1. The molecular weight excluding hydrogens is 268 g/mol. The van der Waals surface area contributed by atoms with Gasteiger partial charge in [-0.1, -0.05) is 33.3 Å². The molecule has 1 aromatic heterocycles. The summed E-state index contributed by atoms with van der Waals surface area (Å²) in [6.07, 6.45) is 0. The maximum absolute atomic E-state index is 6.00. The Morgan fingerprint density at radius 2 is 1.88 bits per heavy atom. The van der Waals surface area contributed by atoms with Crippen LogP contribution in [0.5, 0.6) is 0 Å². The summed E-state index contributed by atoms with van der Waals surface area (Å²) in [5.74, 6) is 0.609. The van der Waals surface area contributed by atoms with Crippen LogP contribution in [0.3, 0.4) is 0 Å². The average Bonchev–Trinajstić information content (AvgIpc) is 2.61. The van der Waals surface area contributed by atoms with Crippen LogP contribution in [0, 0.1) is 0 Å². The first-order chi connectivity index (χ1) is 7.59. The highest BCUT2D eigenvalue weighted by atomic mass is 79.9. The van der Waals surface area contributed by atoms with Crippen LogP contribution in [0.1, 0.15) is 19.9 Å². The van der Waals surface area contributed by atoms with E-state index in [1.807, 2.05) is 38.1 Å². The molecule has 0 aliphatic heterocycles. The van der Waals surface area contributed by atoms with Gasteiger partial charge < -0.3 is 5.73 Å². The van der Waals surface area contributed by atoms with Gasteiger partial charge in [0.25, 0.3) is 0 Å². The molecule has 0 saturated carbocycles. The second-order valence-electron chi connectivity index (χ2n) is 3.87. The molecule has 16 heavy (non-hydrogen) atoms. The summed E-state index contributed by atoms with van der Waals surface area (Å²) in [7, 11) is 0. The topological polar surface area (TPSA) is 56.7 Å². The molecule has 0 saturated heterocycles. The van der Waals surface area contributed by atoms with Crippen molar-refractivity contribution in [2.24, 2.45) is 0 Å². The van der Waals surface area contributed by atoms with Crippen molar-refractivity contribution in [1.29, 1.82) is 0 Å². The zero-order valence-corrected chi connectivity index (χ0v) is 10.8. The normalized spacial score (nSPS) is 11.0. The van der Waals surface area contributed by atoms with Gasteiger partial charge in [-0.05, 0) is 26.0 Å². The third kappa shape index (κ3) is 1.95. The molecule has 0 spiro atoms. The van der Waals surface area contributed by atoms with Crippen LogP contribution >= 0.6 is 15.9 Å². The van der Waals surface area contributed by atoms with Gasteiger partial charge in [0, 0.05) is 10.0 Å². The summed E-state index contributed by atoms with van der Waals surface area (Å²) in [6.45, 7) is 4.05. The molecule has 0 amide bonds. The van der Waals surface area contributed by atoms with E-state index >= 15 is 0 Å². The first-order valence-corrected chi connectivity index (χ1v) is 5.85. The number of rotatable bonds is 2. The second kappa shape index (κ2) is 4.25. The predicted octanol–water partition coefficient (Wildman–Crippen LogP) is 2.87. The number of nitrogen functional groups attached to an aromatic ring is 1. The van der Waals surface area contributed by atoms with Gasteiger partial charge >= 0.3 is 0 Å². The van der Waals surface area contributed by atoms with Crippen molar-refractivity contribution < 1.29 is 0 Å². The minimum Gasteiger partial charge on any atom is -0.382 e. The van der Waals surface area contributed by atoms with E-state index in [2.05, 4.69) is 26.2 Å². The third-order valence-corrected chi connectivity index (χ3v) is 2.87. The molecule has 84 valence electrons. The molecule has 0 atom stereocenters. The summed E-state index contributed by atoms with van der Waals surface area (Å²) in [5, 5.41) is 8.15. The summed E-state index contributed by atoms with van der Waals surface area (Å²) >= 11 is 3.39. The van der Waals surface area contributed by atoms with Crippen molar-refractivity contribution in [3.8, 4) is 11.3 Å². The van der Waals surface area contributed by atoms with E-state index in [4.69, 9.17) is 5.73 Å². The highest BCUT2D eigenvalue weighted by molar-refractivity contribution is 9.10. The Morgan fingerprint density at radius 3 is 2.38 bits per heavy atom. The highest BCUT2D eigenvalue weighted by Crippen LogP contribution is 2.26. The number of aromatic nitrogens is 3. The maximum Gasteiger partial charge on any atom is 0.150 e. The zero-order chi connectivity index (χ0) is 11.7. The largest absolute Gasteiger partial charge is 0.382 e. The molecule has 0 bridgehead atoms. The molecule has 1 heterocycles. The van der Waals surface area contributed by atoms with Crippen LogP contribution in [0.25, 0.3) is 11.3 Å². The van der Waals surface area contributed by atoms with E-state index < -0.39 is 0 Å². The SMILES string of the molecule is CC(C)n1nnc(-c2ccc(Br)cc2)c1N. The molecule has 2 N–H and O–H groups in total. The Labute approximate surface area is 103 Å². The molecular formula is C11H13BrN4. The molecule has 5 heteroatoms. The van der Waals surface area contributed by atoms with Gasteiger partial charge in [0.2, 0.25) is 0 Å². The fourth-order valence-corrected chi connectivity index (χ4v) is 1.76. The van der Waals surface area contributed by atoms with Crippen molar-refractivity contribution in [2.45, 2.75) is 19.9 Å². The lowest BCUT2D eigenvalue weighted by atomic mass is 10.1. The van der Waals surface area contributed by atoms with Gasteiger partial charge in [-0.3, -0.25) is 0 Å². The van der Waals surface area contributed by atoms with Gasteiger partial charge in [-0.15, -0.1) is 5.10 Å². The Balaban J connectivity index is 2.45. The van der Waals surface area contributed by atoms with Gasteiger partial charge in [-0.2, -0.15) is 0 Å². The highest BCUT2D eigenvalue weighted by Gasteiger charge is 2.13. The van der Waals surface area contributed by atoms with Crippen LogP contribution in [0.2, 0.25) is 0 Å². The molecule has 2 aromatic rings. The van der Waals surface area contributed by atoms with Crippen LogP contribution in [0.15, 0.2) is 28.7 Å². The molecule has 0 aliphatic carbocycles. The number of anilines is 1. The molecule has 0 unspecified atom stereocenters. The van der Waals surface area contributed by atoms with E-state index in [9.17, 15) is 0 Å². The molecule has 2 rings (SSSR count). The van der Waals surface area contributed by atoms with E-state index in [0.29, 0.717) is 5.82 Å². The Hall–Kier alpha value is -1.36. The number of nitrogens with two attached hydrogens (primary N) is 1. The molecule has 4 nitrogen and oxygen atoms in total. The Bertz CT molecular complexity index is 487. The molecule has 0 aliphatic rings.